The van der Waals surface area contributed by atoms with Crippen LogP contribution in [0.5, 0.6) is 0 Å². The SMILES string of the molecule is CCCCC/C=C\C/C=C\CCCCCCCC(=O)OC[C@@H](CO[C@H]1O[C@H](CS(=O)(=O)[O-])[C@@H](O)[C@H](O)[C@H]1O)OC(=O)CCCCCCCCCCCCCCC. The summed E-state index contributed by atoms with van der Waals surface area (Å²) < 4.78 is 55.7. The number of aliphatic hydroxyl groups excluding tert-OH is 3. The van der Waals surface area contributed by atoms with Crippen LogP contribution in [-0.4, -0.2) is 96.0 Å². The molecule has 13 heteroatoms. The Balaban J connectivity index is 2.47. The van der Waals surface area contributed by atoms with Crippen molar-refractivity contribution < 1.29 is 56.8 Å². The maximum absolute atomic E-state index is 12.8. The molecule has 0 aromatic carbocycles. The number of rotatable bonds is 36. The van der Waals surface area contributed by atoms with E-state index in [0.717, 1.165) is 64.2 Å². The molecule has 0 radical (unpaired) electrons. The van der Waals surface area contributed by atoms with E-state index < -0.39 is 71.2 Å². The molecule has 6 atom stereocenters. The van der Waals surface area contributed by atoms with Gasteiger partial charge < -0.3 is 38.8 Å². The van der Waals surface area contributed by atoms with E-state index in [4.69, 9.17) is 18.9 Å². The topological polar surface area (TPSA) is 189 Å². The summed E-state index contributed by atoms with van der Waals surface area (Å²) in [4.78, 5) is 25.3. The smallest absolute Gasteiger partial charge is 0.306 e. The van der Waals surface area contributed by atoms with Crippen molar-refractivity contribution in [3.8, 4) is 0 Å². The number of allylic oxidation sites excluding steroid dienone is 4. The highest BCUT2D eigenvalue weighted by molar-refractivity contribution is 7.85. The van der Waals surface area contributed by atoms with Crippen LogP contribution in [0.4, 0.5) is 0 Å². The molecule has 12 nitrogen and oxygen atoms in total. The molecule has 1 rings (SSSR count). The Bertz CT molecular complexity index is 1140. The third-order valence-electron chi connectivity index (χ3n) is 10.0. The van der Waals surface area contributed by atoms with Gasteiger partial charge in [0.15, 0.2) is 12.4 Å². The van der Waals surface area contributed by atoms with E-state index in [1.54, 1.807) is 0 Å². The fourth-order valence-electron chi connectivity index (χ4n) is 6.58. The third kappa shape index (κ3) is 28.5. The lowest BCUT2D eigenvalue weighted by Crippen LogP contribution is -2.60. The number of aliphatic hydroxyl groups is 3. The Labute approximate surface area is 338 Å². The average Bonchev–Trinajstić information content (AvgIpc) is 3.16. The molecule has 0 saturated carbocycles. The van der Waals surface area contributed by atoms with Gasteiger partial charge in [0.05, 0.1) is 22.5 Å². The van der Waals surface area contributed by atoms with Crippen LogP contribution in [0, 0.1) is 0 Å². The predicted octanol–water partition coefficient (Wildman–Crippen LogP) is 8.11. The average molecular weight is 818 g/mol. The van der Waals surface area contributed by atoms with Crippen LogP contribution < -0.4 is 0 Å². The molecule has 0 aromatic rings. The molecule has 0 aliphatic carbocycles. The van der Waals surface area contributed by atoms with Gasteiger partial charge in [0.1, 0.15) is 31.0 Å². The van der Waals surface area contributed by atoms with E-state index in [9.17, 15) is 37.9 Å². The second kappa shape index (κ2) is 34.0. The van der Waals surface area contributed by atoms with Crippen molar-refractivity contribution in [2.45, 2.75) is 218 Å². The summed E-state index contributed by atoms with van der Waals surface area (Å²) in [6.07, 6.45) is 26.2. The minimum atomic E-state index is -4.85. The number of unbranched alkanes of at least 4 members (excludes halogenated alkanes) is 20. The first-order valence-electron chi connectivity index (χ1n) is 21.9. The maximum Gasteiger partial charge on any atom is 0.306 e. The van der Waals surface area contributed by atoms with E-state index in [1.165, 1.54) is 77.0 Å². The summed E-state index contributed by atoms with van der Waals surface area (Å²) in [7, 11) is -4.85. The molecule has 328 valence electrons. The van der Waals surface area contributed by atoms with Gasteiger partial charge in [-0.15, -0.1) is 0 Å². The molecule has 1 heterocycles. The first kappa shape index (κ1) is 52.1. The van der Waals surface area contributed by atoms with E-state index in [2.05, 4.69) is 38.2 Å². The van der Waals surface area contributed by atoms with Crippen molar-refractivity contribution in [2.75, 3.05) is 19.0 Å². The molecule has 1 aliphatic rings. The van der Waals surface area contributed by atoms with Gasteiger partial charge in [0, 0.05) is 12.8 Å². The minimum absolute atomic E-state index is 0.158. The van der Waals surface area contributed by atoms with Crippen LogP contribution in [0.15, 0.2) is 24.3 Å². The molecule has 1 fully saturated rings. The van der Waals surface area contributed by atoms with Crippen molar-refractivity contribution in [1.29, 1.82) is 0 Å². The van der Waals surface area contributed by atoms with Crippen molar-refractivity contribution in [2.24, 2.45) is 0 Å². The first-order chi connectivity index (χ1) is 27.0. The van der Waals surface area contributed by atoms with Gasteiger partial charge in [-0.25, -0.2) is 8.42 Å². The van der Waals surface area contributed by atoms with Crippen molar-refractivity contribution in [1.82, 2.24) is 0 Å². The molecule has 56 heavy (non-hydrogen) atoms. The van der Waals surface area contributed by atoms with Crippen molar-refractivity contribution in [3.63, 3.8) is 0 Å². The molecule has 0 unspecified atom stereocenters. The Morgan fingerprint density at radius 2 is 1.09 bits per heavy atom. The second-order valence-electron chi connectivity index (χ2n) is 15.3. The zero-order valence-corrected chi connectivity index (χ0v) is 35.5. The predicted molar refractivity (Wildman–Crippen MR) is 218 cm³/mol. The lowest BCUT2D eigenvalue weighted by molar-refractivity contribution is -0.297. The Kier molecular flexibility index (Phi) is 31.7. The second-order valence-corrected chi connectivity index (χ2v) is 16.8. The summed E-state index contributed by atoms with van der Waals surface area (Å²) in [6.45, 7) is 3.69. The zero-order chi connectivity index (χ0) is 41.3. The third-order valence-corrected chi connectivity index (χ3v) is 10.8. The molecule has 0 amide bonds. The molecule has 0 aromatic heterocycles. The Morgan fingerprint density at radius 3 is 1.62 bits per heavy atom. The molecule has 0 bridgehead atoms. The fourth-order valence-corrected chi connectivity index (χ4v) is 7.26. The maximum atomic E-state index is 12.8. The van der Waals surface area contributed by atoms with Crippen molar-refractivity contribution >= 4 is 22.1 Å². The van der Waals surface area contributed by atoms with Crippen LogP contribution in [0.1, 0.15) is 181 Å². The summed E-state index contributed by atoms with van der Waals surface area (Å²) >= 11 is 0. The van der Waals surface area contributed by atoms with Crippen LogP contribution in [0.25, 0.3) is 0 Å². The minimum Gasteiger partial charge on any atom is -0.748 e. The van der Waals surface area contributed by atoms with E-state index >= 15 is 0 Å². The first-order valence-corrected chi connectivity index (χ1v) is 23.5. The van der Waals surface area contributed by atoms with E-state index in [0.29, 0.717) is 12.8 Å². The molecule has 1 saturated heterocycles. The number of carbonyl (C=O) groups excluding carboxylic acids is 2. The highest BCUT2D eigenvalue weighted by Crippen LogP contribution is 2.24. The van der Waals surface area contributed by atoms with Gasteiger partial charge in [0.25, 0.3) is 0 Å². The van der Waals surface area contributed by atoms with Crippen LogP contribution in [-0.2, 0) is 38.7 Å². The fraction of sp³-hybridized carbons (Fsp3) is 0.860. The monoisotopic (exact) mass is 818 g/mol. The van der Waals surface area contributed by atoms with Crippen LogP contribution in [0.3, 0.4) is 0 Å². The summed E-state index contributed by atoms with van der Waals surface area (Å²) in [5, 5.41) is 30.8. The Morgan fingerprint density at radius 1 is 0.625 bits per heavy atom. The largest absolute Gasteiger partial charge is 0.748 e. The van der Waals surface area contributed by atoms with Crippen molar-refractivity contribution in [3.05, 3.63) is 24.3 Å². The zero-order valence-electron chi connectivity index (χ0n) is 34.7. The van der Waals surface area contributed by atoms with Gasteiger partial charge in [-0.2, -0.15) is 0 Å². The molecule has 1 aliphatic heterocycles. The van der Waals surface area contributed by atoms with E-state index in [-0.39, 0.29) is 19.4 Å². The highest BCUT2D eigenvalue weighted by Gasteiger charge is 2.45. The molecular formula is C43H77O12S-. The number of hydrogen-bond donors (Lipinski definition) is 3. The quantitative estimate of drug-likeness (QED) is 0.0239. The van der Waals surface area contributed by atoms with Gasteiger partial charge in [0.2, 0.25) is 0 Å². The lowest BCUT2D eigenvalue weighted by atomic mass is 10.00. The molecule has 3 N–H and O–H groups in total. The number of esters is 2. The summed E-state index contributed by atoms with van der Waals surface area (Å²) in [6, 6.07) is 0. The summed E-state index contributed by atoms with van der Waals surface area (Å²) in [5.74, 6) is -2.12. The van der Waals surface area contributed by atoms with Gasteiger partial charge in [-0.3, -0.25) is 9.59 Å². The van der Waals surface area contributed by atoms with Gasteiger partial charge in [-0.1, -0.05) is 147 Å². The Hall–Kier alpha value is -1.87. The normalized spacial score (nSPS) is 20.9. The molecule has 0 spiro atoms. The van der Waals surface area contributed by atoms with E-state index in [1.807, 2.05) is 0 Å². The number of hydrogen-bond acceptors (Lipinski definition) is 12. The number of carbonyl (C=O) groups is 2. The van der Waals surface area contributed by atoms with Gasteiger partial charge >= 0.3 is 11.9 Å². The summed E-state index contributed by atoms with van der Waals surface area (Å²) in [5.41, 5.74) is 0. The van der Waals surface area contributed by atoms with Gasteiger partial charge in [-0.05, 0) is 44.9 Å². The highest BCUT2D eigenvalue weighted by atomic mass is 32.2. The lowest BCUT2D eigenvalue weighted by Gasteiger charge is -2.40. The standard InChI is InChI=1S/C43H78O12S/c1-3-5-7-9-11-13-15-17-18-20-21-23-25-27-29-31-38(44)52-33-36(34-53-43-42(48)41(47)40(46)37(55-43)35-56(49,50)51)54-39(45)32-30-28-26-24-22-19-16-14-12-10-8-6-4-2/h11,13,17-18,36-37,40-43,46-48H,3-10,12,14-16,19-35H2,1-2H3,(H,49,50,51)/p-1/b13-11-,18-17-/t36-,37+,40+,41-,42+,43-/m0/s1. The van der Waals surface area contributed by atoms with Crippen LogP contribution in [0.2, 0.25) is 0 Å². The molecular weight excluding hydrogens is 741 g/mol. The number of ether oxygens (including phenoxy) is 4. The van der Waals surface area contributed by atoms with Crippen LogP contribution >= 0.6 is 0 Å².